The van der Waals surface area contributed by atoms with Crippen LogP contribution in [0, 0.1) is 5.92 Å². The van der Waals surface area contributed by atoms with E-state index in [0.717, 1.165) is 26.1 Å². The molecule has 5 nitrogen and oxygen atoms in total. The molecule has 0 aromatic rings. The molecule has 4 atom stereocenters. The highest BCUT2D eigenvalue weighted by Gasteiger charge is 2.60. The van der Waals surface area contributed by atoms with Gasteiger partial charge in [0.2, 0.25) is 0 Å². The summed E-state index contributed by atoms with van der Waals surface area (Å²) < 4.78 is 29.2. The molecule has 5 fully saturated rings. The van der Waals surface area contributed by atoms with Crippen LogP contribution in [-0.4, -0.2) is 62.0 Å². The standard InChI is InChI=1S/C16H26O5/c1-15(2)10-4-13(19-8-11-6-17-11)16(3,21-15)14(5-10)20-9-12-7-18-12/h10-14H,4-9H2,1-3H3. The van der Waals surface area contributed by atoms with Crippen LogP contribution in [0.3, 0.4) is 0 Å². The Labute approximate surface area is 126 Å². The summed E-state index contributed by atoms with van der Waals surface area (Å²) in [4.78, 5) is 0. The van der Waals surface area contributed by atoms with Gasteiger partial charge in [0.25, 0.3) is 0 Å². The lowest BCUT2D eigenvalue weighted by molar-refractivity contribution is -0.325. The first-order valence-corrected chi connectivity index (χ1v) is 8.14. The van der Waals surface area contributed by atoms with Crippen LogP contribution in [0.25, 0.3) is 0 Å². The fourth-order valence-electron chi connectivity index (χ4n) is 3.88. The molecule has 5 aliphatic rings. The number of rotatable bonds is 6. The minimum atomic E-state index is -0.373. The van der Waals surface area contributed by atoms with E-state index in [4.69, 9.17) is 23.7 Å². The maximum atomic E-state index is 6.46. The van der Waals surface area contributed by atoms with E-state index in [1.165, 1.54) is 0 Å². The summed E-state index contributed by atoms with van der Waals surface area (Å²) in [6.45, 7) is 9.55. The van der Waals surface area contributed by atoms with Crippen LogP contribution in [0.4, 0.5) is 0 Å². The first kappa shape index (κ1) is 14.4. The van der Waals surface area contributed by atoms with E-state index >= 15 is 0 Å². The fraction of sp³-hybridized carbons (Fsp3) is 1.00. The molecule has 4 aliphatic heterocycles. The van der Waals surface area contributed by atoms with Crippen LogP contribution in [0.15, 0.2) is 0 Å². The SMILES string of the molecule is CC1(C)OC2(C)C(OCC3CO3)CC1CC2OCC1CO1. The Morgan fingerprint density at radius 1 is 0.905 bits per heavy atom. The lowest BCUT2D eigenvalue weighted by Crippen LogP contribution is -2.69. The van der Waals surface area contributed by atoms with E-state index < -0.39 is 0 Å². The average Bonchev–Trinajstić information content (AvgIpc) is 3.28. The number of ether oxygens (including phenoxy) is 5. The Balaban J connectivity index is 1.46. The largest absolute Gasteiger partial charge is 0.372 e. The van der Waals surface area contributed by atoms with Crippen molar-refractivity contribution < 1.29 is 23.7 Å². The maximum absolute atomic E-state index is 6.46. The molecule has 1 saturated carbocycles. The highest BCUT2D eigenvalue weighted by molar-refractivity contribution is 5.09. The van der Waals surface area contributed by atoms with E-state index in [9.17, 15) is 0 Å². The van der Waals surface area contributed by atoms with E-state index in [2.05, 4.69) is 20.8 Å². The molecule has 4 unspecified atom stereocenters. The van der Waals surface area contributed by atoms with Gasteiger partial charge in [-0.05, 0) is 39.5 Å². The molecule has 5 heteroatoms. The van der Waals surface area contributed by atoms with Crippen LogP contribution in [0.2, 0.25) is 0 Å². The van der Waals surface area contributed by atoms with Gasteiger partial charge in [0.05, 0.1) is 44.2 Å². The molecular formula is C16H26O5. The van der Waals surface area contributed by atoms with Gasteiger partial charge in [-0.15, -0.1) is 0 Å². The first-order valence-electron chi connectivity index (χ1n) is 8.14. The van der Waals surface area contributed by atoms with Crippen molar-refractivity contribution in [3.05, 3.63) is 0 Å². The quantitative estimate of drug-likeness (QED) is 0.696. The van der Waals surface area contributed by atoms with Gasteiger partial charge in [0, 0.05) is 0 Å². The third kappa shape index (κ3) is 2.75. The van der Waals surface area contributed by atoms with E-state index in [1.54, 1.807) is 0 Å². The van der Waals surface area contributed by atoms with Crippen molar-refractivity contribution in [2.75, 3.05) is 26.4 Å². The van der Waals surface area contributed by atoms with Gasteiger partial charge in [0.15, 0.2) is 0 Å². The molecule has 4 heterocycles. The van der Waals surface area contributed by atoms with Crippen molar-refractivity contribution in [2.45, 2.75) is 69.2 Å². The monoisotopic (exact) mass is 298 g/mol. The van der Waals surface area contributed by atoms with Crippen molar-refractivity contribution in [1.29, 1.82) is 0 Å². The first-order chi connectivity index (χ1) is 9.97. The van der Waals surface area contributed by atoms with E-state index in [1.807, 2.05) is 0 Å². The molecule has 0 aromatic heterocycles. The topological polar surface area (TPSA) is 52.8 Å². The number of hydrogen-bond acceptors (Lipinski definition) is 5. The summed E-state index contributed by atoms with van der Waals surface area (Å²) >= 11 is 0. The third-order valence-corrected chi connectivity index (χ3v) is 5.51. The molecule has 0 spiro atoms. The molecule has 120 valence electrons. The van der Waals surface area contributed by atoms with E-state index in [-0.39, 0.29) is 23.4 Å². The third-order valence-electron chi connectivity index (χ3n) is 5.51. The van der Waals surface area contributed by atoms with Crippen molar-refractivity contribution in [1.82, 2.24) is 0 Å². The molecule has 21 heavy (non-hydrogen) atoms. The van der Waals surface area contributed by atoms with Crippen LogP contribution in [0.5, 0.6) is 0 Å². The molecular weight excluding hydrogens is 272 g/mol. The van der Waals surface area contributed by atoms with Crippen molar-refractivity contribution in [3.8, 4) is 0 Å². The van der Waals surface area contributed by atoms with Gasteiger partial charge in [-0.25, -0.2) is 0 Å². The summed E-state index contributed by atoms with van der Waals surface area (Å²) in [6.07, 6.45) is 2.88. The minimum Gasteiger partial charge on any atom is -0.372 e. The van der Waals surface area contributed by atoms with Crippen LogP contribution >= 0.6 is 0 Å². The van der Waals surface area contributed by atoms with Gasteiger partial charge in [-0.2, -0.15) is 0 Å². The van der Waals surface area contributed by atoms with Gasteiger partial charge in [-0.1, -0.05) is 0 Å². The van der Waals surface area contributed by atoms with E-state index in [0.29, 0.717) is 31.3 Å². The number of hydrogen-bond donors (Lipinski definition) is 0. The predicted octanol–water partition coefficient (Wildman–Crippen LogP) is 1.53. The smallest absolute Gasteiger partial charge is 0.118 e. The number of fused-ring (bicyclic) bond motifs is 3. The van der Waals surface area contributed by atoms with Crippen molar-refractivity contribution in [2.24, 2.45) is 5.92 Å². The Morgan fingerprint density at radius 3 is 1.81 bits per heavy atom. The Bertz CT molecular complexity index is 375. The Hall–Kier alpha value is -0.200. The second-order valence-electron chi connectivity index (χ2n) is 7.61. The maximum Gasteiger partial charge on any atom is 0.118 e. The Morgan fingerprint density at radius 2 is 1.38 bits per heavy atom. The zero-order chi connectivity index (χ0) is 14.7. The predicted molar refractivity (Wildman–Crippen MR) is 75.3 cm³/mol. The zero-order valence-corrected chi connectivity index (χ0v) is 13.2. The molecule has 1 aliphatic carbocycles. The van der Waals surface area contributed by atoms with Crippen molar-refractivity contribution >= 4 is 0 Å². The van der Waals surface area contributed by atoms with Gasteiger partial charge >= 0.3 is 0 Å². The van der Waals surface area contributed by atoms with Crippen LogP contribution in [-0.2, 0) is 23.7 Å². The molecule has 0 N–H and O–H groups in total. The molecule has 0 aromatic carbocycles. The molecule has 4 saturated heterocycles. The molecule has 5 rings (SSSR count). The summed E-state index contributed by atoms with van der Waals surface area (Å²) in [7, 11) is 0. The summed E-state index contributed by atoms with van der Waals surface area (Å²) in [6, 6.07) is 0. The molecule has 0 radical (unpaired) electrons. The summed E-state index contributed by atoms with van der Waals surface area (Å²) in [5.41, 5.74) is -0.470. The van der Waals surface area contributed by atoms with Crippen LogP contribution in [0.1, 0.15) is 33.6 Å². The Kier molecular flexibility index (Phi) is 3.36. The fourth-order valence-corrected chi connectivity index (χ4v) is 3.88. The molecule has 0 amide bonds. The number of epoxide rings is 2. The van der Waals surface area contributed by atoms with Gasteiger partial charge in [-0.3, -0.25) is 0 Å². The highest BCUT2D eigenvalue weighted by atomic mass is 16.6. The highest BCUT2D eigenvalue weighted by Crippen LogP contribution is 2.52. The lowest BCUT2D eigenvalue weighted by Gasteiger charge is -2.60. The molecule has 2 bridgehead atoms. The second kappa shape index (κ2) is 4.90. The van der Waals surface area contributed by atoms with Gasteiger partial charge < -0.3 is 23.7 Å². The van der Waals surface area contributed by atoms with Gasteiger partial charge in [0.1, 0.15) is 17.8 Å². The summed E-state index contributed by atoms with van der Waals surface area (Å²) in [5.74, 6) is 0.481. The second-order valence-corrected chi connectivity index (χ2v) is 7.61. The van der Waals surface area contributed by atoms with Crippen molar-refractivity contribution in [3.63, 3.8) is 0 Å². The van der Waals surface area contributed by atoms with Crippen LogP contribution < -0.4 is 0 Å². The normalized spacial score (nSPS) is 50.1. The average molecular weight is 298 g/mol. The zero-order valence-electron chi connectivity index (χ0n) is 13.2. The summed E-state index contributed by atoms with van der Waals surface area (Å²) in [5, 5.41) is 0. The minimum absolute atomic E-state index is 0.0959. The lowest BCUT2D eigenvalue weighted by atomic mass is 9.65.